The molecule has 0 N–H and O–H groups in total. The Hall–Kier alpha value is 0.112. The van der Waals surface area contributed by atoms with Crippen molar-refractivity contribution in [1.82, 2.24) is 0 Å². The van der Waals surface area contributed by atoms with Crippen molar-refractivity contribution in [1.29, 1.82) is 0 Å². The van der Waals surface area contributed by atoms with Gasteiger partial charge in [0.15, 0.2) is 0 Å². The molecule has 0 heterocycles. The lowest BCUT2D eigenvalue weighted by Crippen LogP contribution is -1.94. The molecule has 1 aromatic carbocycles. The molecule has 9 heavy (non-hydrogen) atoms. The second-order valence-electron chi connectivity index (χ2n) is 1.81. The van der Waals surface area contributed by atoms with E-state index in [0.717, 1.165) is 5.30 Å². The molecule has 0 aromatic heterocycles. The quantitative estimate of drug-likeness (QED) is 0.423. The molecule has 0 amide bonds. The van der Waals surface area contributed by atoms with Crippen LogP contribution in [0.15, 0.2) is 30.3 Å². The van der Waals surface area contributed by atoms with Crippen molar-refractivity contribution in [2.24, 2.45) is 0 Å². The third kappa shape index (κ3) is 2.07. The fourth-order valence-electron chi connectivity index (χ4n) is 0.633. The predicted octanol–water partition coefficient (Wildman–Crippen LogP) is 1.23. The summed E-state index contributed by atoms with van der Waals surface area (Å²) in [6.07, 6.45) is 0. The summed E-state index contributed by atoms with van der Waals surface area (Å²) < 4.78 is 12.6. The first-order valence-corrected chi connectivity index (χ1v) is 7.11. The zero-order valence-corrected chi connectivity index (χ0v) is 8.11. The molecule has 0 bridgehead atoms. The van der Waals surface area contributed by atoms with Crippen LogP contribution in [0, 0.1) is 0 Å². The second kappa shape index (κ2) is 3.32. The highest BCUT2D eigenvalue weighted by atomic mass is 31.3. The Morgan fingerprint density at radius 1 is 1.22 bits per heavy atom. The zero-order valence-electron chi connectivity index (χ0n) is 5.21. The molecule has 0 nitrogen and oxygen atoms in total. The molecule has 0 fully saturated rings. The Morgan fingerprint density at radius 2 is 1.78 bits per heavy atom. The van der Waals surface area contributed by atoms with Crippen LogP contribution in [0.25, 0.3) is 0 Å². The van der Waals surface area contributed by atoms with Gasteiger partial charge in [0.2, 0.25) is 0 Å². The predicted molar refractivity (Wildman–Crippen MR) is 42.6 cm³/mol. The van der Waals surface area contributed by atoms with Crippen LogP contribution in [0.3, 0.4) is 0 Å². The van der Waals surface area contributed by atoms with E-state index in [1.807, 2.05) is 30.3 Å². The first-order valence-electron chi connectivity index (χ1n) is 2.75. The van der Waals surface area contributed by atoms with Gasteiger partial charge in [-0.05, 0) is 5.30 Å². The lowest BCUT2D eigenvalue weighted by Gasteiger charge is -1.98. The second-order valence-corrected chi connectivity index (χ2v) is 5.64. The van der Waals surface area contributed by atoms with Crippen LogP contribution in [-0.4, -0.2) is 15.8 Å². The molecule has 3 heteroatoms. The van der Waals surface area contributed by atoms with Crippen molar-refractivity contribution in [2.45, 2.75) is 0 Å². The average Bonchev–Trinajstić information content (AvgIpc) is 1.90. The van der Waals surface area contributed by atoms with Crippen LogP contribution in [0.2, 0.25) is 0 Å². The number of benzene rings is 1. The molecular formula is C6H7AlFP. The van der Waals surface area contributed by atoms with E-state index in [4.69, 9.17) is 0 Å². The maximum absolute atomic E-state index is 12.6. The van der Waals surface area contributed by atoms with E-state index in [9.17, 15) is 4.20 Å². The third-order valence-corrected chi connectivity index (χ3v) is 3.67. The SMILES string of the molecule is F[P]([AlH2])c1ccccc1. The van der Waals surface area contributed by atoms with E-state index in [1.165, 1.54) is 0 Å². The van der Waals surface area contributed by atoms with Crippen LogP contribution in [0.1, 0.15) is 0 Å². The summed E-state index contributed by atoms with van der Waals surface area (Å²) in [7, 11) is 0. The van der Waals surface area contributed by atoms with Crippen LogP contribution >= 0.6 is 6.88 Å². The highest BCUT2D eigenvalue weighted by Crippen LogP contribution is 2.28. The van der Waals surface area contributed by atoms with E-state index >= 15 is 0 Å². The molecular weight excluding hydrogens is 149 g/mol. The number of halogens is 1. The average molecular weight is 156 g/mol. The summed E-state index contributed by atoms with van der Waals surface area (Å²) in [4.78, 5) is 0. The summed E-state index contributed by atoms with van der Waals surface area (Å²) >= 11 is 0.655. The summed E-state index contributed by atoms with van der Waals surface area (Å²) in [5, 5.41) is 0.874. The first-order chi connectivity index (χ1) is 4.30. The van der Waals surface area contributed by atoms with Gasteiger partial charge >= 0.3 is 15.8 Å². The topological polar surface area (TPSA) is 0 Å². The molecule has 0 saturated heterocycles. The summed E-state index contributed by atoms with van der Waals surface area (Å²) in [5.74, 6) is 0. The van der Waals surface area contributed by atoms with Gasteiger partial charge in [0, 0.05) is 6.88 Å². The Morgan fingerprint density at radius 3 is 2.11 bits per heavy atom. The number of rotatable bonds is 1. The van der Waals surface area contributed by atoms with Gasteiger partial charge in [0.05, 0.1) is 0 Å². The van der Waals surface area contributed by atoms with E-state index in [-0.39, 0.29) is 0 Å². The summed E-state index contributed by atoms with van der Waals surface area (Å²) in [6, 6.07) is 9.35. The minimum atomic E-state index is -1.26. The molecule has 1 atom stereocenters. The van der Waals surface area contributed by atoms with Crippen molar-refractivity contribution >= 4 is 28.0 Å². The monoisotopic (exact) mass is 156 g/mol. The van der Waals surface area contributed by atoms with E-state index < -0.39 is 6.88 Å². The Labute approximate surface area is 63.0 Å². The zero-order chi connectivity index (χ0) is 6.69. The van der Waals surface area contributed by atoms with Crippen LogP contribution < -0.4 is 5.30 Å². The molecule has 0 aliphatic carbocycles. The Bertz CT molecular complexity index is 176. The van der Waals surface area contributed by atoms with Crippen molar-refractivity contribution in [3.05, 3.63) is 30.3 Å². The van der Waals surface area contributed by atoms with Gasteiger partial charge in [-0.25, -0.2) is 4.20 Å². The van der Waals surface area contributed by atoms with Gasteiger partial charge in [0.1, 0.15) is 0 Å². The van der Waals surface area contributed by atoms with Crippen molar-refractivity contribution < 1.29 is 4.20 Å². The highest BCUT2D eigenvalue weighted by molar-refractivity contribution is 7.84. The molecule has 1 aromatic rings. The maximum atomic E-state index is 12.6. The van der Waals surface area contributed by atoms with Gasteiger partial charge in [0.25, 0.3) is 0 Å². The Kier molecular flexibility index (Phi) is 2.67. The number of hydrogen-bond donors (Lipinski definition) is 0. The van der Waals surface area contributed by atoms with Gasteiger partial charge < -0.3 is 0 Å². The minimum absolute atomic E-state index is 0.655. The number of hydrogen-bond acceptors (Lipinski definition) is 0. The highest BCUT2D eigenvalue weighted by Gasteiger charge is 1.97. The molecule has 46 valence electrons. The maximum Gasteiger partial charge on any atom is 0.313 e. The summed E-state index contributed by atoms with van der Waals surface area (Å²) in [5.41, 5.74) is 0. The van der Waals surface area contributed by atoms with Gasteiger partial charge in [-0.1, -0.05) is 30.3 Å². The molecule has 0 radical (unpaired) electrons. The molecule has 1 unspecified atom stereocenters. The lowest BCUT2D eigenvalue weighted by atomic mass is 10.4. The lowest BCUT2D eigenvalue weighted by molar-refractivity contribution is 0.923. The molecule has 0 aliphatic heterocycles. The van der Waals surface area contributed by atoms with Crippen molar-refractivity contribution in [3.63, 3.8) is 0 Å². The largest absolute Gasteiger partial charge is 0.313 e. The standard InChI is InChI=1S/C6H5FP.Al.2H/c7-8-6-4-2-1-3-5-6;;;/h1-5H;;;/q-1;+1;;. The molecule has 1 rings (SSSR count). The van der Waals surface area contributed by atoms with Gasteiger partial charge in [-0.2, -0.15) is 0 Å². The fourth-order valence-corrected chi connectivity index (χ4v) is 2.11. The first kappa shape index (κ1) is 7.22. The molecule has 0 saturated carbocycles. The van der Waals surface area contributed by atoms with Crippen LogP contribution in [0.4, 0.5) is 4.20 Å². The van der Waals surface area contributed by atoms with Crippen LogP contribution in [0.5, 0.6) is 0 Å². The van der Waals surface area contributed by atoms with Gasteiger partial charge in [-0.15, -0.1) is 0 Å². The van der Waals surface area contributed by atoms with Gasteiger partial charge in [-0.3, -0.25) is 0 Å². The third-order valence-electron chi connectivity index (χ3n) is 1.11. The van der Waals surface area contributed by atoms with E-state index in [0.29, 0.717) is 15.8 Å². The molecule has 0 spiro atoms. The van der Waals surface area contributed by atoms with Crippen molar-refractivity contribution in [3.8, 4) is 0 Å². The van der Waals surface area contributed by atoms with E-state index in [1.54, 1.807) is 0 Å². The Balaban J connectivity index is 2.85. The van der Waals surface area contributed by atoms with Crippen molar-refractivity contribution in [2.75, 3.05) is 0 Å². The fraction of sp³-hybridized carbons (Fsp3) is 0. The smallest absolute Gasteiger partial charge is 0.243 e. The van der Waals surface area contributed by atoms with E-state index in [2.05, 4.69) is 0 Å². The molecule has 0 aliphatic rings. The van der Waals surface area contributed by atoms with Crippen LogP contribution in [-0.2, 0) is 0 Å². The minimum Gasteiger partial charge on any atom is -0.243 e. The summed E-state index contributed by atoms with van der Waals surface area (Å²) in [6.45, 7) is -1.26. The normalized spacial score (nSPS) is 13.0.